The van der Waals surface area contributed by atoms with Crippen molar-refractivity contribution in [1.82, 2.24) is 4.98 Å². The van der Waals surface area contributed by atoms with E-state index < -0.39 is 0 Å². The number of amides is 1. The van der Waals surface area contributed by atoms with Crippen molar-refractivity contribution in [2.24, 2.45) is 0 Å². The molecular weight excluding hydrogens is 320 g/mol. The number of carbonyl (C=O) groups is 1. The van der Waals surface area contributed by atoms with Gasteiger partial charge >= 0.3 is 0 Å². The first-order chi connectivity index (χ1) is 6.13. The molecule has 0 aliphatic heterocycles. The van der Waals surface area contributed by atoms with E-state index >= 15 is 0 Å². The summed E-state index contributed by atoms with van der Waals surface area (Å²) in [5.41, 5.74) is 0. The molecule has 72 valence electrons. The molecule has 1 heterocycles. The maximum absolute atomic E-state index is 11.3. The van der Waals surface area contributed by atoms with Crippen molar-refractivity contribution in [3.8, 4) is 0 Å². The van der Waals surface area contributed by atoms with Crippen LogP contribution in [-0.2, 0) is 4.79 Å². The summed E-state index contributed by atoms with van der Waals surface area (Å²) in [6, 6.07) is 0. The molecule has 0 saturated heterocycles. The Bertz CT molecular complexity index is 302. The van der Waals surface area contributed by atoms with Gasteiger partial charge in [-0.25, -0.2) is 4.98 Å². The Kier molecular flexibility index (Phi) is 4.34. The Hall–Kier alpha value is 0.0600. The van der Waals surface area contributed by atoms with E-state index in [1.165, 1.54) is 11.3 Å². The zero-order chi connectivity index (χ0) is 9.84. The molecule has 0 aromatic carbocycles. The molecule has 1 rings (SSSR count). The number of anilines is 1. The van der Waals surface area contributed by atoms with Gasteiger partial charge in [0.2, 0.25) is 5.91 Å². The van der Waals surface area contributed by atoms with Gasteiger partial charge in [-0.05, 0) is 22.4 Å². The highest BCUT2D eigenvalue weighted by Crippen LogP contribution is 2.23. The molecule has 1 aromatic rings. The summed E-state index contributed by atoms with van der Waals surface area (Å²) in [6.07, 6.45) is 2.42. The summed E-state index contributed by atoms with van der Waals surface area (Å²) in [5.74, 6) is -0.0515. The third-order valence-corrected chi connectivity index (χ3v) is 3.81. The van der Waals surface area contributed by atoms with Crippen LogP contribution in [0.4, 0.5) is 5.13 Å². The molecule has 1 N–H and O–H groups in total. The minimum absolute atomic E-state index is 0.0515. The van der Waals surface area contributed by atoms with Crippen molar-refractivity contribution in [2.75, 3.05) is 5.32 Å². The number of rotatable bonds is 3. The summed E-state index contributed by atoms with van der Waals surface area (Å²) >= 11 is 7.93. The van der Waals surface area contributed by atoms with Crippen LogP contribution in [0.25, 0.3) is 0 Å². The molecule has 1 atom stereocenters. The van der Waals surface area contributed by atoms with E-state index in [2.05, 4.69) is 42.2 Å². The van der Waals surface area contributed by atoms with Gasteiger partial charge in [-0.3, -0.25) is 4.79 Å². The minimum Gasteiger partial charge on any atom is -0.301 e. The monoisotopic (exact) mass is 326 g/mol. The van der Waals surface area contributed by atoms with Crippen LogP contribution in [0.1, 0.15) is 13.3 Å². The van der Waals surface area contributed by atoms with Crippen molar-refractivity contribution in [2.45, 2.75) is 18.2 Å². The Morgan fingerprint density at radius 2 is 2.54 bits per heavy atom. The summed E-state index contributed by atoms with van der Waals surface area (Å²) in [4.78, 5) is 15.2. The SMILES string of the molecule is CCC(Br)C(=O)Nc1ncc(Br)s1. The summed E-state index contributed by atoms with van der Waals surface area (Å²) in [7, 11) is 0. The lowest BCUT2D eigenvalue weighted by Crippen LogP contribution is -2.21. The summed E-state index contributed by atoms with van der Waals surface area (Å²) < 4.78 is 0.908. The summed E-state index contributed by atoms with van der Waals surface area (Å²) in [6.45, 7) is 1.94. The highest BCUT2D eigenvalue weighted by Gasteiger charge is 2.13. The van der Waals surface area contributed by atoms with E-state index in [9.17, 15) is 4.79 Å². The quantitative estimate of drug-likeness (QED) is 0.867. The first-order valence-electron chi connectivity index (χ1n) is 3.69. The van der Waals surface area contributed by atoms with Crippen LogP contribution < -0.4 is 5.32 Å². The second-order valence-corrected chi connectivity index (χ2v) is 5.85. The van der Waals surface area contributed by atoms with Crippen molar-refractivity contribution in [1.29, 1.82) is 0 Å². The lowest BCUT2D eigenvalue weighted by molar-refractivity contribution is -0.115. The summed E-state index contributed by atoms with van der Waals surface area (Å²) in [5, 5.41) is 3.33. The zero-order valence-electron chi connectivity index (χ0n) is 6.88. The Labute approximate surface area is 97.2 Å². The first kappa shape index (κ1) is 11.1. The van der Waals surface area contributed by atoms with Gasteiger partial charge in [-0.2, -0.15) is 0 Å². The number of aromatic nitrogens is 1. The molecule has 6 heteroatoms. The van der Waals surface area contributed by atoms with Crippen molar-refractivity contribution in [3.05, 3.63) is 9.98 Å². The van der Waals surface area contributed by atoms with Crippen LogP contribution in [0.2, 0.25) is 0 Å². The van der Waals surface area contributed by atoms with Crippen molar-refractivity contribution >= 4 is 54.2 Å². The molecule has 1 unspecified atom stereocenters. The number of hydrogen-bond donors (Lipinski definition) is 1. The largest absolute Gasteiger partial charge is 0.301 e. The highest BCUT2D eigenvalue weighted by molar-refractivity contribution is 9.11. The fourth-order valence-electron chi connectivity index (χ4n) is 0.681. The van der Waals surface area contributed by atoms with E-state index in [-0.39, 0.29) is 10.7 Å². The molecule has 0 radical (unpaired) electrons. The molecule has 0 spiro atoms. The van der Waals surface area contributed by atoms with Gasteiger partial charge in [0, 0.05) is 0 Å². The topological polar surface area (TPSA) is 42.0 Å². The van der Waals surface area contributed by atoms with Gasteiger partial charge < -0.3 is 5.32 Å². The third-order valence-electron chi connectivity index (χ3n) is 1.35. The van der Waals surface area contributed by atoms with Crippen molar-refractivity contribution in [3.63, 3.8) is 0 Å². The fourth-order valence-corrected chi connectivity index (χ4v) is 1.91. The smallest absolute Gasteiger partial charge is 0.239 e. The third kappa shape index (κ3) is 3.36. The highest BCUT2D eigenvalue weighted by atomic mass is 79.9. The van der Waals surface area contributed by atoms with E-state index in [0.29, 0.717) is 5.13 Å². The van der Waals surface area contributed by atoms with Gasteiger partial charge in [-0.15, -0.1) is 0 Å². The normalized spacial score (nSPS) is 12.5. The van der Waals surface area contributed by atoms with E-state index in [1.54, 1.807) is 6.20 Å². The van der Waals surface area contributed by atoms with E-state index in [4.69, 9.17) is 0 Å². The van der Waals surface area contributed by atoms with Crippen LogP contribution in [0.5, 0.6) is 0 Å². The number of alkyl halides is 1. The average molecular weight is 328 g/mol. The van der Waals surface area contributed by atoms with Crippen LogP contribution in [-0.4, -0.2) is 15.7 Å². The minimum atomic E-state index is -0.143. The fraction of sp³-hybridized carbons (Fsp3) is 0.429. The molecule has 1 amide bonds. The second kappa shape index (κ2) is 5.07. The molecule has 13 heavy (non-hydrogen) atoms. The van der Waals surface area contributed by atoms with E-state index in [0.717, 1.165) is 10.2 Å². The average Bonchev–Trinajstić information content (AvgIpc) is 2.49. The molecule has 0 saturated carbocycles. The van der Waals surface area contributed by atoms with Gasteiger partial charge in [0.25, 0.3) is 0 Å². The first-order valence-corrected chi connectivity index (χ1v) is 6.22. The molecular formula is C7H8Br2N2OS. The van der Waals surface area contributed by atoms with Gasteiger partial charge in [0.15, 0.2) is 5.13 Å². The number of hydrogen-bond acceptors (Lipinski definition) is 3. The number of thiazole rings is 1. The molecule has 0 aliphatic carbocycles. The number of nitrogens with one attached hydrogen (secondary N) is 1. The van der Waals surface area contributed by atoms with E-state index in [1.807, 2.05) is 6.92 Å². The number of nitrogens with zero attached hydrogens (tertiary/aromatic N) is 1. The van der Waals surface area contributed by atoms with Gasteiger partial charge in [0.05, 0.1) is 14.8 Å². The van der Waals surface area contributed by atoms with Gasteiger partial charge in [-0.1, -0.05) is 34.2 Å². The van der Waals surface area contributed by atoms with Crippen LogP contribution in [0.3, 0.4) is 0 Å². The molecule has 0 fully saturated rings. The maximum atomic E-state index is 11.3. The van der Waals surface area contributed by atoms with Gasteiger partial charge in [0.1, 0.15) is 0 Å². The molecule has 0 bridgehead atoms. The Morgan fingerprint density at radius 1 is 1.85 bits per heavy atom. The van der Waals surface area contributed by atoms with Crippen LogP contribution in [0, 0.1) is 0 Å². The predicted molar refractivity (Wildman–Crippen MR) is 61.4 cm³/mol. The molecule has 0 aliphatic rings. The Morgan fingerprint density at radius 3 is 3.00 bits per heavy atom. The van der Waals surface area contributed by atoms with Crippen molar-refractivity contribution < 1.29 is 4.79 Å². The maximum Gasteiger partial charge on any atom is 0.239 e. The van der Waals surface area contributed by atoms with Crippen LogP contribution in [0.15, 0.2) is 9.98 Å². The number of carbonyl (C=O) groups excluding carboxylic acids is 1. The number of halogens is 2. The van der Waals surface area contributed by atoms with Crippen LogP contribution >= 0.6 is 43.2 Å². The molecule has 1 aromatic heterocycles. The lowest BCUT2D eigenvalue weighted by Gasteiger charge is -2.04. The molecule has 3 nitrogen and oxygen atoms in total. The Balaban J connectivity index is 2.54. The lowest BCUT2D eigenvalue weighted by atomic mass is 10.3. The predicted octanol–water partition coefficient (Wildman–Crippen LogP) is 3.02. The second-order valence-electron chi connectivity index (χ2n) is 2.33. The standard InChI is InChI=1S/C7H8Br2N2OS/c1-2-4(8)6(12)11-7-10-3-5(9)13-7/h3-4H,2H2,1H3,(H,10,11,12). The zero-order valence-corrected chi connectivity index (χ0v) is 10.9.